The van der Waals surface area contributed by atoms with Crippen molar-refractivity contribution in [3.05, 3.63) is 39.9 Å². The largest absolute Gasteiger partial charge is 0.352 e. The molecule has 2 rings (SSSR count). The van der Waals surface area contributed by atoms with Crippen LogP contribution in [-0.4, -0.2) is 46.4 Å². The number of hydrogen-bond donors (Lipinski definition) is 1. The second-order valence-electron chi connectivity index (χ2n) is 5.82. The number of nitrogens with one attached hydrogen (secondary N) is 1. The van der Waals surface area contributed by atoms with Crippen LogP contribution in [0.3, 0.4) is 0 Å². The number of nitrogens with zero attached hydrogens (tertiary/aromatic N) is 3. The average molecular weight is 450 g/mol. The summed E-state index contributed by atoms with van der Waals surface area (Å²) >= 11 is 1.96. The quantitative estimate of drug-likeness (QED) is 0.252. The van der Waals surface area contributed by atoms with E-state index >= 15 is 0 Å². The number of rotatable bonds is 3. The highest BCUT2D eigenvalue weighted by atomic mass is 127. The molecule has 1 aromatic rings. The second kappa shape index (κ2) is 8.72. The Hall–Kier alpha value is -1.03. The van der Waals surface area contributed by atoms with Crippen molar-refractivity contribution in [1.82, 2.24) is 10.2 Å². The van der Waals surface area contributed by atoms with Crippen molar-refractivity contribution in [2.24, 2.45) is 4.99 Å². The fourth-order valence-electron chi connectivity index (χ4n) is 2.54. The lowest BCUT2D eigenvalue weighted by Gasteiger charge is -2.39. The van der Waals surface area contributed by atoms with E-state index in [2.05, 4.69) is 29.1 Å². The molecule has 0 unspecified atom stereocenters. The van der Waals surface area contributed by atoms with Crippen molar-refractivity contribution >= 4 is 47.4 Å². The van der Waals surface area contributed by atoms with Gasteiger partial charge in [-0.25, -0.2) is 0 Å². The Bertz CT molecular complexity index is 580. The number of nitro groups is 1. The van der Waals surface area contributed by atoms with E-state index in [4.69, 9.17) is 0 Å². The lowest BCUT2D eigenvalue weighted by Crippen LogP contribution is -2.50. The van der Waals surface area contributed by atoms with Crippen LogP contribution < -0.4 is 5.32 Å². The molecule has 1 aromatic carbocycles. The van der Waals surface area contributed by atoms with Crippen LogP contribution in [0.2, 0.25) is 0 Å². The third kappa shape index (κ3) is 5.52. The molecule has 23 heavy (non-hydrogen) atoms. The van der Waals surface area contributed by atoms with Crippen LogP contribution in [0.25, 0.3) is 0 Å². The van der Waals surface area contributed by atoms with E-state index in [1.807, 2.05) is 17.8 Å². The zero-order valence-electron chi connectivity index (χ0n) is 13.6. The summed E-state index contributed by atoms with van der Waals surface area (Å²) in [6.45, 7) is 6.69. The van der Waals surface area contributed by atoms with E-state index in [9.17, 15) is 10.1 Å². The predicted octanol–water partition coefficient (Wildman–Crippen LogP) is 3.12. The van der Waals surface area contributed by atoms with Crippen LogP contribution in [0.1, 0.15) is 19.4 Å². The molecule has 0 atom stereocenters. The van der Waals surface area contributed by atoms with Gasteiger partial charge in [0, 0.05) is 48.8 Å². The third-order valence-corrected chi connectivity index (χ3v) is 4.86. The average Bonchev–Trinajstić information content (AvgIpc) is 2.47. The highest BCUT2D eigenvalue weighted by Crippen LogP contribution is 2.29. The Kier molecular flexibility index (Phi) is 7.59. The molecule has 0 saturated carbocycles. The third-order valence-electron chi connectivity index (χ3n) is 3.56. The van der Waals surface area contributed by atoms with Crippen LogP contribution >= 0.6 is 35.7 Å². The fraction of sp³-hybridized carbons (Fsp3) is 0.533. The number of halogens is 1. The number of benzene rings is 1. The Labute approximate surface area is 158 Å². The summed E-state index contributed by atoms with van der Waals surface area (Å²) in [6, 6.07) is 6.79. The molecular formula is C15H23IN4O2S. The second-order valence-corrected chi connectivity index (χ2v) is 7.62. The van der Waals surface area contributed by atoms with E-state index < -0.39 is 0 Å². The summed E-state index contributed by atoms with van der Waals surface area (Å²) in [4.78, 5) is 17.2. The van der Waals surface area contributed by atoms with Crippen molar-refractivity contribution in [1.29, 1.82) is 0 Å². The molecule has 1 N–H and O–H groups in total. The van der Waals surface area contributed by atoms with Gasteiger partial charge >= 0.3 is 0 Å². The van der Waals surface area contributed by atoms with Gasteiger partial charge in [0.15, 0.2) is 5.96 Å². The topological polar surface area (TPSA) is 70.8 Å². The van der Waals surface area contributed by atoms with Crippen molar-refractivity contribution < 1.29 is 4.92 Å². The van der Waals surface area contributed by atoms with E-state index in [1.54, 1.807) is 19.2 Å². The summed E-state index contributed by atoms with van der Waals surface area (Å²) in [5, 5.41) is 14.3. The van der Waals surface area contributed by atoms with Crippen molar-refractivity contribution in [2.75, 3.05) is 25.9 Å². The molecule has 8 heteroatoms. The molecule has 128 valence electrons. The standard InChI is InChI=1S/C15H22N4O2S.HI/c1-15(2)11-18(8-9-22-15)14(16-3)17-10-12-6-4-5-7-13(12)19(20)21;/h4-7H,8-11H2,1-3H3,(H,16,17);1H. The highest BCUT2D eigenvalue weighted by molar-refractivity contribution is 14.0. The number of thioether (sulfide) groups is 1. The maximum Gasteiger partial charge on any atom is 0.274 e. The highest BCUT2D eigenvalue weighted by Gasteiger charge is 2.28. The van der Waals surface area contributed by atoms with E-state index in [0.29, 0.717) is 12.1 Å². The predicted molar refractivity (Wildman–Crippen MR) is 107 cm³/mol. The molecule has 0 aromatic heterocycles. The van der Waals surface area contributed by atoms with Gasteiger partial charge in [-0.2, -0.15) is 11.8 Å². The number of para-hydroxylation sites is 1. The van der Waals surface area contributed by atoms with Crippen molar-refractivity contribution in [3.8, 4) is 0 Å². The van der Waals surface area contributed by atoms with Gasteiger partial charge in [0.1, 0.15) is 0 Å². The monoisotopic (exact) mass is 450 g/mol. The van der Waals surface area contributed by atoms with Crippen LogP contribution in [0.5, 0.6) is 0 Å². The van der Waals surface area contributed by atoms with Gasteiger partial charge in [-0.3, -0.25) is 15.1 Å². The lowest BCUT2D eigenvalue weighted by molar-refractivity contribution is -0.385. The molecule has 1 aliphatic heterocycles. The molecular weight excluding hydrogens is 427 g/mol. The van der Waals surface area contributed by atoms with Crippen LogP contribution in [-0.2, 0) is 6.54 Å². The minimum absolute atomic E-state index is 0. The van der Waals surface area contributed by atoms with Gasteiger partial charge in [-0.05, 0) is 13.8 Å². The summed E-state index contributed by atoms with van der Waals surface area (Å²) in [6.07, 6.45) is 0. The molecule has 1 saturated heterocycles. The summed E-state index contributed by atoms with van der Waals surface area (Å²) < 4.78 is 0.189. The van der Waals surface area contributed by atoms with E-state index in [-0.39, 0.29) is 39.3 Å². The molecule has 0 amide bonds. The van der Waals surface area contributed by atoms with Crippen LogP contribution in [0.15, 0.2) is 29.3 Å². The van der Waals surface area contributed by atoms with Crippen LogP contribution in [0, 0.1) is 10.1 Å². The fourth-order valence-corrected chi connectivity index (χ4v) is 3.65. The Balaban J connectivity index is 0.00000264. The zero-order chi connectivity index (χ0) is 16.2. The van der Waals surface area contributed by atoms with Crippen molar-refractivity contribution in [3.63, 3.8) is 0 Å². The van der Waals surface area contributed by atoms with Crippen molar-refractivity contribution in [2.45, 2.75) is 25.1 Å². The molecule has 1 heterocycles. The van der Waals surface area contributed by atoms with Gasteiger partial charge in [-0.1, -0.05) is 18.2 Å². The minimum Gasteiger partial charge on any atom is -0.352 e. The molecule has 0 aliphatic carbocycles. The van der Waals surface area contributed by atoms with Gasteiger partial charge < -0.3 is 10.2 Å². The molecule has 6 nitrogen and oxygen atoms in total. The zero-order valence-corrected chi connectivity index (χ0v) is 16.8. The van der Waals surface area contributed by atoms with Gasteiger partial charge in [0.2, 0.25) is 0 Å². The Morgan fingerprint density at radius 3 is 2.78 bits per heavy atom. The Morgan fingerprint density at radius 1 is 1.48 bits per heavy atom. The SMILES string of the molecule is CN=C(NCc1ccccc1[N+](=O)[O-])N1CCSC(C)(C)C1.I. The molecule has 0 spiro atoms. The molecule has 1 fully saturated rings. The van der Waals surface area contributed by atoms with Gasteiger partial charge in [-0.15, -0.1) is 24.0 Å². The molecule has 1 aliphatic rings. The van der Waals surface area contributed by atoms with Gasteiger partial charge in [0.25, 0.3) is 5.69 Å². The molecule has 0 radical (unpaired) electrons. The minimum atomic E-state index is -0.347. The van der Waals surface area contributed by atoms with E-state index in [1.165, 1.54) is 6.07 Å². The first kappa shape index (κ1) is 20.0. The maximum atomic E-state index is 11.1. The number of guanidine groups is 1. The van der Waals surface area contributed by atoms with E-state index in [0.717, 1.165) is 24.8 Å². The first-order valence-electron chi connectivity index (χ1n) is 7.25. The first-order valence-corrected chi connectivity index (χ1v) is 8.23. The molecule has 0 bridgehead atoms. The summed E-state index contributed by atoms with van der Waals surface area (Å²) in [7, 11) is 1.75. The smallest absolute Gasteiger partial charge is 0.274 e. The summed E-state index contributed by atoms with van der Waals surface area (Å²) in [5.41, 5.74) is 0.805. The van der Waals surface area contributed by atoms with Gasteiger partial charge in [0.05, 0.1) is 4.92 Å². The normalized spacial score (nSPS) is 17.3. The maximum absolute atomic E-state index is 11.1. The number of aliphatic imine (C=N–C) groups is 1. The number of nitro benzene ring substituents is 1. The summed E-state index contributed by atoms with van der Waals surface area (Å²) in [5.74, 6) is 1.85. The first-order chi connectivity index (χ1) is 10.4. The van der Waals surface area contributed by atoms with Crippen LogP contribution in [0.4, 0.5) is 5.69 Å². The lowest BCUT2D eigenvalue weighted by atomic mass is 10.1. The number of hydrogen-bond acceptors (Lipinski definition) is 4. The Morgan fingerprint density at radius 2 is 2.17 bits per heavy atom.